The summed E-state index contributed by atoms with van der Waals surface area (Å²) in [6, 6.07) is -1.30. The summed E-state index contributed by atoms with van der Waals surface area (Å²) < 4.78 is 35.4. The highest BCUT2D eigenvalue weighted by Crippen LogP contribution is 2.59. The molecule has 224 valence electrons. The Hall–Kier alpha value is -2.60. The Morgan fingerprint density at radius 2 is 1.70 bits per heavy atom. The van der Waals surface area contributed by atoms with Gasteiger partial charge < -0.3 is 24.8 Å². The molecule has 1 unspecified atom stereocenters. The van der Waals surface area contributed by atoms with Crippen LogP contribution in [-0.4, -0.2) is 109 Å². The van der Waals surface area contributed by atoms with Crippen LogP contribution in [-0.2, 0) is 28.4 Å². The second-order valence-corrected chi connectivity index (χ2v) is 12.5. The van der Waals surface area contributed by atoms with E-state index in [4.69, 9.17) is 19.9 Å². The number of guanidine groups is 1. The van der Waals surface area contributed by atoms with Gasteiger partial charge in [0, 0.05) is 25.8 Å². The highest BCUT2D eigenvalue weighted by atomic mass is 31.2. The lowest BCUT2D eigenvalue weighted by molar-refractivity contribution is -0.147. The van der Waals surface area contributed by atoms with Crippen molar-refractivity contribution < 1.29 is 28.4 Å². The Morgan fingerprint density at radius 3 is 2.33 bits per heavy atom. The van der Waals surface area contributed by atoms with Crippen LogP contribution in [0.15, 0.2) is 27.4 Å². The van der Waals surface area contributed by atoms with Crippen LogP contribution >= 0.6 is 7.44 Å². The van der Waals surface area contributed by atoms with Crippen molar-refractivity contribution >= 4 is 37.9 Å². The van der Waals surface area contributed by atoms with Gasteiger partial charge in [-0.1, -0.05) is 26.8 Å². The molecular formula is C26H44N7O6P. The zero-order valence-electron chi connectivity index (χ0n) is 23.8. The zero-order chi connectivity index (χ0) is 29.0. The predicted octanol–water partition coefficient (Wildman–Crippen LogP) is 2.58. The van der Waals surface area contributed by atoms with Crippen molar-refractivity contribution in [2.45, 2.75) is 70.9 Å². The van der Waals surface area contributed by atoms with Crippen molar-refractivity contribution in [3.05, 3.63) is 12.4 Å². The van der Waals surface area contributed by atoms with Crippen LogP contribution in [0.3, 0.4) is 0 Å². The van der Waals surface area contributed by atoms with Crippen molar-refractivity contribution in [3.8, 4) is 0 Å². The van der Waals surface area contributed by atoms with Gasteiger partial charge in [-0.05, 0) is 38.5 Å². The molecule has 0 aromatic rings. The molecule has 13 nitrogen and oxygen atoms in total. The fourth-order valence-electron chi connectivity index (χ4n) is 4.89. The molecule has 0 saturated carbocycles. The molecule has 0 amide bonds. The van der Waals surface area contributed by atoms with E-state index in [1.807, 2.05) is 13.8 Å². The van der Waals surface area contributed by atoms with Gasteiger partial charge in [-0.25, -0.2) is 14.3 Å². The number of aliphatic imine (C=N–C) groups is 3. The van der Waals surface area contributed by atoms with E-state index in [2.05, 4.69) is 21.6 Å². The molecule has 0 aromatic heterocycles. The van der Waals surface area contributed by atoms with E-state index in [1.54, 1.807) is 26.8 Å². The molecule has 3 rings (SSSR count). The SMILES string of the molecule is C=C1/N=C(N)\N=C/CN=CN1CCOCP(=O)(N1CCC[C@H]1C(=O)OCCC)N1CCC[C@H]1C(=O)OCCCC. The van der Waals surface area contributed by atoms with Crippen molar-refractivity contribution in [1.82, 2.24) is 14.2 Å². The van der Waals surface area contributed by atoms with E-state index in [-0.39, 0.29) is 30.9 Å². The van der Waals surface area contributed by atoms with Crippen molar-refractivity contribution in [1.29, 1.82) is 0 Å². The van der Waals surface area contributed by atoms with Gasteiger partial charge >= 0.3 is 11.9 Å². The van der Waals surface area contributed by atoms with E-state index >= 15 is 0 Å². The fourth-order valence-corrected chi connectivity index (χ4v) is 8.05. The van der Waals surface area contributed by atoms with Crippen LogP contribution in [0.2, 0.25) is 0 Å². The summed E-state index contributed by atoms with van der Waals surface area (Å²) in [7, 11) is -3.52. The maximum Gasteiger partial charge on any atom is 0.323 e. The lowest BCUT2D eigenvalue weighted by Crippen LogP contribution is -2.45. The molecule has 0 aliphatic carbocycles. The highest BCUT2D eigenvalue weighted by Gasteiger charge is 2.51. The fraction of sp³-hybridized carbons (Fsp3) is 0.731. The largest absolute Gasteiger partial charge is 0.465 e. The first kappa shape index (κ1) is 31.9. The molecule has 2 saturated heterocycles. The lowest BCUT2D eigenvalue weighted by Gasteiger charge is -2.39. The Balaban J connectivity index is 1.76. The minimum Gasteiger partial charge on any atom is -0.465 e. The first-order valence-electron chi connectivity index (χ1n) is 14.2. The van der Waals surface area contributed by atoms with Crippen LogP contribution < -0.4 is 5.73 Å². The summed E-state index contributed by atoms with van der Waals surface area (Å²) >= 11 is 0. The quantitative estimate of drug-likeness (QED) is 0.184. The molecule has 2 N–H and O–H groups in total. The molecule has 3 heterocycles. The average molecular weight is 582 g/mol. The maximum absolute atomic E-state index is 15.0. The molecular weight excluding hydrogens is 537 g/mol. The van der Waals surface area contributed by atoms with Crippen LogP contribution in [0, 0.1) is 0 Å². The number of carbonyl (C=O) groups is 2. The number of nitrogens with two attached hydrogens (primary N) is 1. The normalized spacial score (nSPS) is 25.9. The Kier molecular flexibility index (Phi) is 12.8. The number of hydrogen-bond donors (Lipinski definition) is 1. The van der Waals surface area contributed by atoms with E-state index in [1.165, 1.54) is 0 Å². The van der Waals surface area contributed by atoms with Crippen molar-refractivity contribution in [3.63, 3.8) is 0 Å². The summed E-state index contributed by atoms with van der Waals surface area (Å²) in [6.07, 6.45) is 7.82. The molecule has 3 aliphatic heterocycles. The summed E-state index contributed by atoms with van der Waals surface area (Å²) in [6.45, 7) is 10.2. The summed E-state index contributed by atoms with van der Waals surface area (Å²) in [4.78, 5) is 40.1. The van der Waals surface area contributed by atoms with E-state index < -0.39 is 19.5 Å². The van der Waals surface area contributed by atoms with Gasteiger partial charge in [0.25, 0.3) is 0 Å². The van der Waals surface area contributed by atoms with Gasteiger partial charge in [0.2, 0.25) is 13.4 Å². The van der Waals surface area contributed by atoms with Gasteiger partial charge in [-0.3, -0.25) is 19.1 Å². The molecule has 3 aliphatic rings. The number of nitrogens with zero attached hydrogens (tertiary/aromatic N) is 6. The third kappa shape index (κ3) is 8.45. The standard InChI is InChI=1S/C26H44N7O6P/c1-4-6-17-39-25(35)23-10-8-14-33(23)40(36,32-13-7-9-22(32)24(34)38-16-5-2)20-37-18-15-31-19-28-11-12-29-26(27)30-21(31)3/h12,19,22-23H,3-11,13-18,20H2,1-2H3,(H2,27,30)/b28-19?,29-12-/t22-,23-,40?/m0/s1. The van der Waals surface area contributed by atoms with Crippen molar-refractivity contribution in [2.75, 3.05) is 52.3 Å². The van der Waals surface area contributed by atoms with Crippen LogP contribution in [0.1, 0.15) is 58.8 Å². The molecule has 2 fully saturated rings. The zero-order valence-corrected chi connectivity index (χ0v) is 24.7. The third-order valence-electron chi connectivity index (χ3n) is 6.93. The summed E-state index contributed by atoms with van der Waals surface area (Å²) in [5, 5.41) is 0. The molecule has 0 bridgehead atoms. The Morgan fingerprint density at radius 1 is 1.05 bits per heavy atom. The first-order valence-corrected chi connectivity index (χ1v) is 16.0. The van der Waals surface area contributed by atoms with Crippen LogP contribution in [0.5, 0.6) is 0 Å². The van der Waals surface area contributed by atoms with Crippen LogP contribution in [0.4, 0.5) is 0 Å². The molecule has 40 heavy (non-hydrogen) atoms. The van der Waals surface area contributed by atoms with Gasteiger partial charge in [-0.2, -0.15) is 4.99 Å². The Labute approximate surface area is 237 Å². The van der Waals surface area contributed by atoms with Gasteiger partial charge in [-0.15, -0.1) is 0 Å². The minimum absolute atomic E-state index is 0.0758. The maximum atomic E-state index is 15.0. The van der Waals surface area contributed by atoms with E-state index in [0.717, 1.165) is 12.8 Å². The Bertz CT molecular complexity index is 1020. The minimum atomic E-state index is -3.52. The highest BCUT2D eigenvalue weighted by molar-refractivity contribution is 7.59. The second-order valence-electron chi connectivity index (χ2n) is 9.90. The smallest absolute Gasteiger partial charge is 0.323 e. The molecule has 14 heteroatoms. The van der Waals surface area contributed by atoms with E-state index in [0.29, 0.717) is 77.3 Å². The second kappa shape index (κ2) is 16.0. The van der Waals surface area contributed by atoms with E-state index in [9.17, 15) is 14.2 Å². The summed E-state index contributed by atoms with van der Waals surface area (Å²) in [5.74, 6) is -0.341. The number of unbranched alkanes of at least 4 members (excludes halogenated alkanes) is 1. The third-order valence-corrected chi connectivity index (χ3v) is 10.0. The van der Waals surface area contributed by atoms with Gasteiger partial charge in [0.1, 0.15) is 24.3 Å². The molecule has 0 spiro atoms. The number of carbonyl (C=O) groups excluding carboxylic acids is 2. The number of esters is 2. The van der Waals surface area contributed by atoms with Crippen LogP contribution in [0.25, 0.3) is 0 Å². The number of ether oxygens (including phenoxy) is 3. The van der Waals surface area contributed by atoms with Gasteiger partial charge in [0.05, 0.1) is 32.7 Å². The molecule has 0 radical (unpaired) electrons. The average Bonchev–Trinajstić information content (AvgIpc) is 3.64. The molecule has 0 aromatic carbocycles. The topological polar surface area (TPSA) is 152 Å². The van der Waals surface area contributed by atoms with Gasteiger partial charge in [0.15, 0.2) is 0 Å². The lowest BCUT2D eigenvalue weighted by atomic mass is 10.2. The number of hydrogen-bond acceptors (Lipinski definition) is 11. The number of rotatable bonds is 14. The predicted molar refractivity (Wildman–Crippen MR) is 154 cm³/mol. The summed E-state index contributed by atoms with van der Waals surface area (Å²) in [5.41, 5.74) is 5.78. The molecule has 3 atom stereocenters. The van der Waals surface area contributed by atoms with Crippen molar-refractivity contribution in [2.24, 2.45) is 20.7 Å². The first-order chi connectivity index (χ1) is 19.3. The monoisotopic (exact) mass is 581 g/mol.